The molecule has 0 aromatic carbocycles. The first-order chi connectivity index (χ1) is 5.87. The number of rotatable bonds is 2. The lowest BCUT2D eigenvalue weighted by atomic mass is 9.86. The van der Waals surface area contributed by atoms with Crippen molar-refractivity contribution in [3.05, 3.63) is 0 Å². The molecule has 78 valence electrons. The maximum absolute atomic E-state index is 12.1. The summed E-state index contributed by atoms with van der Waals surface area (Å²) >= 11 is 0. The fourth-order valence-corrected chi connectivity index (χ4v) is 2.23. The van der Waals surface area contributed by atoms with Gasteiger partial charge in [-0.3, -0.25) is 0 Å². The van der Waals surface area contributed by atoms with Crippen molar-refractivity contribution in [1.82, 2.24) is 4.90 Å². The molecule has 0 bridgehead atoms. The third kappa shape index (κ3) is 4.03. The largest absolute Gasteiger partial charge is 0.492 e. The molecular formula is C8H16BF3N-. The van der Waals surface area contributed by atoms with E-state index in [0.29, 0.717) is 24.9 Å². The topological polar surface area (TPSA) is 3.24 Å². The standard InChI is InChI=1S/C8H16BF3N/c1-7-3-8(2)5-13(4-7)6-9(10,11)12/h7-8H,3-6H2,1-2H3/q-1. The molecule has 0 N–H and O–H groups in total. The zero-order valence-corrected chi connectivity index (χ0v) is 8.14. The van der Waals surface area contributed by atoms with E-state index in [-0.39, 0.29) is 0 Å². The van der Waals surface area contributed by atoms with E-state index >= 15 is 0 Å². The number of halogens is 3. The molecule has 13 heavy (non-hydrogen) atoms. The molecule has 0 aromatic heterocycles. The monoisotopic (exact) mass is 194 g/mol. The molecule has 1 heterocycles. The van der Waals surface area contributed by atoms with Crippen LogP contribution in [0.2, 0.25) is 0 Å². The smallest absolute Gasteiger partial charge is 0.448 e. The van der Waals surface area contributed by atoms with E-state index in [9.17, 15) is 12.9 Å². The Morgan fingerprint density at radius 3 is 2.00 bits per heavy atom. The van der Waals surface area contributed by atoms with Crippen molar-refractivity contribution in [2.45, 2.75) is 20.3 Å². The maximum Gasteiger partial charge on any atom is 0.492 e. The summed E-state index contributed by atoms with van der Waals surface area (Å²) in [6.45, 7) is 0.601. The highest BCUT2D eigenvalue weighted by molar-refractivity contribution is 6.58. The van der Waals surface area contributed by atoms with E-state index in [0.717, 1.165) is 6.42 Å². The van der Waals surface area contributed by atoms with Gasteiger partial charge in [0.15, 0.2) is 0 Å². The Hall–Kier alpha value is -0.185. The van der Waals surface area contributed by atoms with E-state index in [2.05, 4.69) is 0 Å². The number of hydrogen-bond donors (Lipinski definition) is 0. The van der Waals surface area contributed by atoms with Crippen molar-refractivity contribution < 1.29 is 12.9 Å². The lowest BCUT2D eigenvalue weighted by Crippen LogP contribution is -2.45. The molecule has 0 radical (unpaired) electrons. The van der Waals surface area contributed by atoms with Gasteiger partial charge in [-0.05, 0) is 37.8 Å². The van der Waals surface area contributed by atoms with E-state index in [1.54, 1.807) is 4.90 Å². The van der Waals surface area contributed by atoms with Crippen molar-refractivity contribution in [2.24, 2.45) is 11.8 Å². The maximum atomic E-state index is 12.1. The summed E-state index contributed by atoms with van der Waals surface area (Å²) < 4.78 is 36.3. The van der Waals surface area contributed by atoms with Gasteiger partial charge in [0.05, 0.1) is 0 Å². The minimum Gasteiger partial charge on any atom is -0.448 e. The van der Waals surface area contributed by atoms with Crippen LogP contribution in [-0.2, 0) is 0 Å². The van der Waals surface area contributed by atoms with Crippen LogP contribution in [0.15, 0.2) is 0 Å². The summed E-state index contributed by atoms with van der Waals surface area (Å²) in [5.74, 6) is 0.809. The normalized spacial score (nSPS) is 32.1. The number of hydrogen-bond acceptors (Lipinski definition) is 1. The van der Waals surface area contributed by atoms with Gasteiger partial charge in [0.25, 0.3) is 0 Å². The molecule has 1 nitrogen and oxygen atoms in total. The zero-order chi connectivity index (χ0) is 10.1. The van der Waals surface area contributed by atoms with Crippen molar-refractivity contribution in [1.29, 1.82) is 0 Å². The molecule has 5 heteroatoms. The van der Waals surface area contributed by atoms with E-state index < -0.39 is 13.4 Å². The first kappa shape index (κ1) is 10.9. The highest BCUT2D eigenvalue weighted by Gasteiger charge is 2.30. The Kier molecular flexibility index (Phi) is 3.27. The second-order valence-electron chi connectivity index (χ2n) is 4.37. The predicted molar refractivity (Wildman–Crippen MR) is 48.5 cm³/mol. The Bertz CT molecular complexity index is 161. The molecule has 0 spiro atoms. The molecule has 0 aliphatic carbocycles. The Labute approximate surface area is 77.4 Å². The molecule has 0 aromatic rings. The Morgan fingerprint density at radius 2 is 1.62 bits per heavy atom. The molecular weight excluding hydrogens is 178 g/mol. The van der Waals surface area contributed by atoms with Gasteiger partial charge < -0.3 is 17.8 Å². The minimum atomic E-state index is -4.64. The van der Waals surface area contributed by atoms with Crippen LogP contribution in [0, 0.1) is 11.8 Å². The van der Waals surface area contributed by atoms with Gasteiger partial charge in [0.1, 0.15) is 0 Å². The number of likely N-dealkylation sites (tertiary alicyclic amines) is 1. The van der Waals surface area contributed by atoms with Crippen LogP contribution in [0.25, 0.3) is 0 Å². The van der Waals surface area contributed by atoms with Crippen molar-refractivity contribution in [3.8, 4) is 0 Å². The third-order valence-corrected chi connectivity index (χ3v) is 2.41. The number of nitrogens with zero attached hydrogens (tertiary/aromatic N) is 1. The van der Waals surface area contributed by atoms with Crippen LogP contribution in [0.4, 0.5) is 12.9 Å². The van der Waals surface area contributed by atoms with Gasteiger partial charge in [-0.25, -0.2) is 0 Å². The quantitative estimate of drug-likeness (QED) is 0.610. The second kappa shape index (κ2) is 3.90. The molecule has 1 saturated heterocycles. The SMILES string of the molecule is CC1CC(C)CN(C[B-](F)(F)F)C1. The molecule has 0 amide bonds. The zero-order valence-electron chi connectivity index (χ0n) is 8.14. The first-order valence-electron chi connectivity index (χ1n) is 4.80. The fraction of sp³-hybridized carbons (Fsp3) is 1.00. The summed E-state index contributed by atoms with van der Waals surface area (Å²) in [5.41, 5.74) is 0. The van der Waals surface area contributed by atoms with Gasteiger partial charge >= 0.3 is 6.98 Å². The van der Waals surface area contributed by atoms with Crippen LogP contribution in [0.1, 0.15) is 20.3 Å². The highest BCUT2D eigenvalue weighted by atomic mass is 19.4. The van der Waals surface area contributed by atoms with Crippen LogP contribution in [0.5, 0.6) is 0 Å². The molecule has 2 unspecified atom stereocenters. The lowest BCUT2D eigenvalue weighted by molar-refractivity contribution is 0.149. The molecule has 2 atom stereocenters. The fourth-order valence-electron chi connectivity index (χ4n) is 2.23. The van der Waals surface area contributed by atoms with Crippen LogP contribution >= 0.6 is 0 Å². The van der Waals surface area contributed by atoms with Crippen LogP contribution in [-0.4, -0.2) is 31.4 Å². The van der Waals surface area contributed by atoms with Gasteiger partial charge in [-0.2, -0.15) is 0 Å². The van der Waals surface area contributed by atoms with Gasteiger partial charge in [0, 0.05) is 0 Å². The summed E-state index contributed by atoms with van der Waals surface area (Å²) in [7, 11) is 0. The van der Waals surface area contributed by atoms with Gasteiger partial charge in [-0.1, -0.05) is 13.8 Å². The van der Waals surface area contributed by atoms with Gasteiger partial charge in [-0.15, -0.1) is 0 Å². The Balaban J connectivity index is 2.42. The van der Waals surface area contributed by atoms with Crippen LogP contribution in [0.3, 0.4) is 0 Å². The summed E-state index contributed by atoms with van der Waals surface area (Å²) in [4.78, 5) is 1.54. The molecule has 1 aliphatic heterocycles. The van der Waals surface area contributed by atoms with Crippen molar-refractivity contribution >= 4 is 6.98 Å². The summed E-state index contributed by atoms with van der Waals surface area (Å²) in [5, 5.41) is 0. The molecule has 0 saturated carbocycles. The molecule has 1 rings (SSSR count). The number of piperidine rings is 1. The molecule has 1 aliphatic rings. The van der Waals surface area contributed by atoms with E-state index in [4.69, 9.17) is 0 Å². The average Bonchev–Trinajstić information content (AvgIpc) is 1.78. The lowest BCUT2D eigenvalue weighted by Gasteiger charge is -2.37. The highest BCUT2D eigenvalue weighted by Crippen LogP contribution is 2.22. The van der Waals surface area contributed by atoms with E-state index in [1.165, 1.54) is 0 Å². The van der Waals surface area contributed by atoms with Gasteiger partial charge in [0.2, 0.25) is 0 Å². The third-order valence-electron chi connectivity index (χ3n) is 2.41. The van der Waals surface area contributed by atoms with Crippen molar-refractivity contribution in [3.63, 3.8) is 0 Å². The second-order valence-corrected chi connectivity index (χ2v) is 4.37. The molecule has 1 fully saturated rings. The summed E-state index contributed by atoms with van der Waals surface area (Å²) in [6.07, 6.45) is 0.371. The summed E-state index contributed by atoms with van der Waals surface area (Å²) in [6, 6.07) is 0. The Morgan fingerprint density at radius 1 is 1.15 bits per heavy atom. The van der Waals surface area contributed by atoms with E-state index in [1.807, 2.05) is 13.8 Å². The minimum absolute atomic E-state index is 0.405. The van der Waals surface area contributed by atoms with Crippen molar-refractivity contribution in [2.75, 3.05) is 19.5 Å². The van der Waals surface area contributed by atoms with Crippen LogP contribution < -0.4 is 0 Å². The predicted octanol–water partition coefficient (Wildman–Crippen LogP) is 2.35. The average molecular weight is 194 g/mol. The first-order valence-corrected chi connectivity index (χ1v) is 4.80.